The predicted molar refractivity (Wildman–Crippen MR) is 52.6 cm³/mol. The van der Waals surface area contributed by atoms with Crippen LogP contribution >= 0.6 is 11.6 Å². The van der Waals surface area contributed by atoms with Crippen LogP contribution < -0.4 is 0 Å². The van der Waals surface area contributed by atoms with Gasteiger partial charge in [-0.2, -0.15) is 0 Å². The van der Waals surface area contributed by atoms with Gasteiger partial charge in [-0.25, -0.2) is 9.78 Å². The maximum atomic E-state index is 10.9. The van der Waals surface area contributed by atoms with Crippen LogP contribution in [0.2, 0.25) is 0 Å². The van der Waals surface area contributed by atoms with Crippen molar-refractivity contribution in [2.45, 2.75) is 5.88 Å². The Hall–Kier alpha value is -1.55. The van der Waals surface area contributed by atoms with Gasteiger partial charge >= 0.3 is 5.97 Å². The van der Waals surface area contributed by atoms with Crippen molar-refractivity contribution in [2.75, 3.05) is 0 Å². The van der Waals surface area contributed by atoms with E-state index in [4.69, 9.17) is 16.7 Å². The Kier molecular flexibility index (Phi) is 2.13. The molecule has 0 atom stereocenters. The molecule has 14 heavy (non-hydrogen) atoms. The van der Waals surface area contributed by atoms with Crippen LogP contribution in [0.1, 0.15) is 15.9 Å². The van der Waals surface area contributed by atoms with E-state index >= 15 is 0 Å². The number of halogens is 1. The van der Waals surface area contributed by atoms with E-state index in [1.165, 1.54) is 6.33 Å². The van der Waals surface area contributed by atoms with Gasteiger partial charge in [0.15, 0.2) is 0 Å². The number of H-pyrrole nitrogens is 1. The van der Waals surface area contributed by atoms with Crippen LogP contribution in [0.15, 0.2) is 18.5 Å². The van der Waals surface area contributed by atoms with E-state index in [0.717, 1.165) is 5.56 Å². The summed E-state index contributed by atoms with van der Waals surface area (Å²) < 4.78 is 0. The first kappa shape index (κ1) is 9.02. The SMILES string of the molecule is O=C(O)c1cc(CCl)cc2[nH]cnc12. The van der Waals surface area contributed by atoms with Gasteiger partial charge in [-0.1, -0.05) is 0 Å². The highest BCUT2D eigenvalue weighted by atomic mass is 35.5. The zero-order chi connectivity index (χ0) is 10.1. The molecular weight excluding hydrogens is 204 g/mol. The number of nitrogens with one attached hydrogen (secondary N) is 1. The van der Waals surface area contributed by atoms with E-state index in [-0.39, 0.29) is 11.4 Å². The Morgan fingerprint density at radius 1 is 1.57 bits per heavy atom. The van der Waals surface area contributed by atoms with Gasteiger partial charge in [0.2, 0.25) is 0 Å². The van der Waals surface area contributed by atoms with Crippen molar-refractivity contribution in [2.24, 2.45) is 0 Å². The number of hydrogen-bond acceptors (Lipinski definition) is 2. The molecule has 1 heterocycles. The van der Waals surface area contributed by atoms with Gasteiger partial charge in [-0.3, -0.25) is 0 Å². The average Bonchev–Trinajstić information content (AvgIpc) is 2.63. The van der Waals surface area contributed by atoms with Crippen molar-refractivity contribution in [3.05, 3.63) is 29.6 Å². The topological polar surface area (TPSA) is 66.0 Å². The molecule has 0 aliphatic rings. The standard InChI is InChI=1S/C9H7ClN2O2/c10-3-5-1-6(9(13)14)8-7(2-5)11-4-12-8/h1-2,4H,3H2,(H,11,12)(H,13,14). The molecule has 0 unspecified atom stereocenters. The van der Waals surface area contributed by atoms with Crippen LogP contribution in [-0.2, 0) is 5.88 Å². The van der Waals surface area contributed by atoms with Crippen LogP contribution in [-0.4, -0.2) is 21.0 Å². The van der Waals surface area contributed by atoms with Crippen LogP contribution in [0.5, 0.6) is 0 Å². The lowest BCUT2D eigenvalue weighted by atomic mass is 10.1. The Bertz CT molecular complexity index is 493. The number of aromatic carboxylic acids is 1. The third kappa shape index (κ3) is 1.33. The van der Waals surface area contributed by atoms with Gasteiger partial charge in [0, 0.05) is 5.88 Å². The summed E-state index contributed by atoms with van der Waals surface area (Å²) in [4.78, 5) is 17.7. The molecule has 72 valence electrons. The molecule has 0 spiro atoms. The fourth-order valence-electron chi connectivity index (χ4n) is 1.35. The summed E-state index contributed by atoms with van der Waals surface area (Å²) in [5.41, 5.74) is 2.10. The highest BCUT2D eigenvalue weighted by Gasteiger charge is 2.11. The number of carbonyl (C=O) groups is 1. The van der Waals surface area contributed by atoms with Gasteiger partial charge in [0.05, 0.1) is 17.4 Å². The Morgan fingerprint density at radius 3 is 3.00 bits per heavy atom. The van der Waals surface area contributed by atoms with Crippen molar-refractivity contribution in [1.82, 2.24) is 9.97 Å². The molecule has 0 radical (unpaired) electrons. The Balaban J connectivity index is 2.76. The lowest BCUT2D eigenvalue weighted by Gasteiger charge is -1.99. The first-order valence-electron chi connectivity index (χ1n) is 3.97. The molecular formula is C9H7ClN2O2. The van der Waals surface area contributed by atoms with Crippen LogP contribution in [0.3, 0.4) is 0 Å². The Morgan fingerprint density at radius 2 is 2.36 bits per heavy atom. The molecule has 2 rings (SSSR count). The summed E-state index contributed by atoms with van der Waals surface area (Å²) >= 11 is 5.64. The zero-order valence-corrected chi connectivity index (χ0v) is 7.88. The highest BCUT2D eigenvalue weighted by Crippen LogP contribution is 2.19. The van der Waals surface area contributed by atoms with Crippen molar-refractivity contribution < 1.29 is 9.90 Å². The van der Waals surface area contributed by atoms with E-state index in [1.807, 2.05) is 0 Å². The average molecular weight is 211 g/mol. The minimum Gasteiger partial charge on any atom is -0.478 e. The second kappa shape index (κ2) is 3.31. The molecule has 4 nitrogen and oxygen atoms in total. The number of imidazole rings is 1. The first-order valence-corrected chi connectivity index (χ1v) is 4.51. The quantitative estimate of drug-likeness (QED) is 0.745. The maximum absolute atomic E-state index is 10.9. The summed E-state index contributed by atoms with van der Waals surface area (Å²) in [6, 6.07) is 3.33. The lowest BCUT2D eigenvalue weighted by molar-refractivity contribution is 0.0698. The molecule has 0 amide bonds. The highest BCUT2D eigenvalue weighted by molar-refractivity contribution is 6.17. The van der Waals surface area contributed by atoms with Crippen molar-refractivity contribution in [3.63, 3.8) is 0 Å². The van der Waals surface area contributed by atoms with Gasteiger partial charge < -0.3 is 10.1 Å². The van der Waals surface area contributed by atoms with E-state index in [1.54, 1.807) is 12.1 Å². The van der Waals surface area contributed by atoms with Crippen LogP contribution in [0, 0.1) is 0 Å². The summed E-state index contributed by atoms with van der Waals surface area (Å²) in [7, 11) is 0. The smallest absolute Gasteiger partial charge is 0.337 e. The third-order valence-corrected chi connectivity index (χ3v) is 2.28. The molecule has 2 N–H and O–H groups in total. The lowest BCUT2D eigenvalue weighted by Crippen LogP contribution is -1.98. The number of hydrogen-bond donors (Lipinski definition) is 2. The first-order chi connectivity index (χ1) is 6.72. The molecule has 0 bridgehead atoms. The monoisotopic (exact) mass is 210 g/mol. The van der Waals surface area contributed by atoms with E-state index in [0.29, 0.717) is 11.0 Å². The normalized spacial score (nSPS) is 10.6. The minimum atomic E-state index is -0.992. The second-order valence-electron chi connectivity index (χ2n) is 2.88. The van der Waals surface area contributed by atoms with Gasteiger partial charge in [0.1, 0.15) is 5.52 Å². The molecule has 0 aliphatic heterocycles. The third-order valence-electron chi connectivity index (χ3n) is 1.97. The van der Waals surface area contributed by atoms with Crippen LogP contribution in [0.4, 0.5) is 0 Å². The summed E-state index contributed by atoms with van der Waals surface area (Å²) in [6.07, 6.45) is 1.47. The van der Waals surface area contributed by atoms with Gasteiger partial charge in [-0.15, -0.1) is 11.6 Å². The number of carboxylic acid groups (broad SMARTS) is 1. The number of carboxylic acids is 1. The molecule has 2 aromatic rings. The number of alkyl halides is 1. The number of aromatic nitrogens is 2. The number of rotatable bonds is 2. The van der Waals surface area contributed by atoms with E-state index < -0.39 is 5.97 Å². The number of nitrogens with zero attached hydrogens (tertiary/aromatic N) is 1. The second-order valence-corrected chi connectivity index (χ2v) is 3.15. The Labute approximate surface area is 84.5 Å². The van der Waals surface area contributed by atoms with Crippen molar-refractivity contribution in [1.29, 1.82) is 0 Å². The van der Waals surface area contributed by atoms with E-state index in [2.05, 4.69) is 9.97 Å². The minimum absolute atomic E-state index is 0.180. The molecule has 0 aliphatic carbocycles. The van der Waals surface area contributed by atoms with Crippen LogP contribution in [0.25, 0.3) is 11.0 Å². The molecule has 5 heteroatoms. The van der Waals surface area contributed by atoms with Crippen molar-refractivity contribution in [3.8, 4) is 0 Å². The number of benzene rings is 1. The van der Waals surface area contributed by atoms with Gasteiger partial charge in [-0.05, 0) is 17.7 Å². The molecule has 0 fully saturated rings. The van der Waals surface area contributed by atoms with Crippen molar-refractivity contribution >= 4 is 28.6 Å². The maximum Gasteiger partial charge on any atom is 0.337 e. The fourth-order valence-corrected chi connectivity index (χ4v) is 1.50. The summed E-state index contributed by atoms with van der Waals surface area (Å²) in [6.45, 7) is 0. The summed E-state index contributed by atoms with van der Waals surface area (Å²) in [5, 5.41) is 8.92. The largest absolute Gasteiger partial charge is 0.478 e. The van der Waals surface area contributed by atoms with Gasteiger partial charge in [0.25, 0.3) is 0 Å². The van der Waals surface area contributed by atoms with E-state index in [9.17, 15) is 4.79 Å². The molecule has 1 aromatic heterocycles. The predicted octanol–water partition coefficient (Wildman–Crippen LogP) is 2.00. The summed E-state index contributed by atoms with van der Waals surface area (Å²) in [5.74, 6) is -0.705. The molecule has 0 saturated carbocycles. The zero-order valence-electron chi connectivity index (χ0n) is 7.12. The number of fused-ring (bicyclic) bond motifs is 1. The molecule has 1 aromatic carbocycles. The fraction of sp³-hybridized carbons (Fsp3) is 0.111. The molecule has 0 saturated heterocycles. The number of aromatic amines is 1.